The van der Waals surface area contributed by atoms with Gasteiger partial charge in [0.25, 0.3) is 0 Å². The Morgan fingerprint density at radius 1 is 1.37 bits per heavy atom. The molecule has 1 aromatic carbocycles. The predicted octanol–water partition coefficient (Wildman–Crippen LogP) is 3.68. The Morgan fingerprint density at radius 2 is 2.05 bits per heavy atom. The van der Waals surface area contributed by atoms with E-state index >= 15 is 0 Å². The highest BCUT2D eigenvalue weighted by molar-refractivity contribution is 6.30. The molecule has 0 heterocycles. The summed E-state index contributed by atoms with van der Waals surface area (Å²) < 4.78 is 13.1. The van der Waals surface area contributed by atoms with Gasteiger partial charge in [0, 0.05) is 6.04 Å². The van der Waals surface area contributed by atoms with Crippen molar-refractivity contribution in [2.45, 2.75) is 44.8 Å². The van der Waals surface area contributed by atoms with E-state index in [1.807, 2.05) is 0 Å². The van der Waals surface area contributed by atoms with Crippen LogP contribution in [0.4, 0.5) is 4.39 Å². The van der Waals surface area contributed by atoms with Crippen LogP contribution in [0, 0.1) is 11.7 Å². The molecule has 1 atom stereocenters. The van der Waals surface area contributed by atoms with Gasteiger partial charge in [-0.15, -0.1) is 0 Å². The van der Waals surface area contributed by atoms with Crippen LogP contribution in [0.1, 0.15) is 44.2 Å². The summed E-state index contributed by atoms with van der Waals surface area (Å²) in [5.74, 6) is 0.251. The van der Waals surface area contributed by atoms with Crippen LogP contribution in [0.2, 0.25) is 5.02 Å². The minimum atomic E-state index is -0.376. The lowest BCUT2D eigenvalue weighted by Crippen LogP contribution is -2.29. The van der Waals surface area contributed by atoms with Crippen molar-refractivity contribution < 1.29 is 9.50 Å². The first-order valence-corrected chi connectivity index (χ1v) is 7.30. The molecule has 0 bridgehead atoms. The number of aliphatic hydroxyl groups is 1. The standard InChI is InChI=1S/C15H21ClFNO/c1-10(12-4-7-15(17)14(16)8-12)18-9-11-2-5-13(19)6-3-11/h4,7-8,10-11,13,18-19H,2-3,5-6,9H2,1H3. The van der Waals surface area contributed by atoms with Crippen molar-refractivity contribution in [3.05, 3.63) is 34.6 Å². The first-order chi connectivity index (χ1) is 9.06. The molecular formula is C15H21ClFNO. The molecule has 0 saturated heterocycles. The lowest BCUT2D eigenvalue weighted by molar-refractivity contribution is 0.108. The van der Waals surface area contributed by atoms with Gasteiger partial charge in [-0.05, 0) is 62.8 Å². The molecule has 0 aromatic heterocycles. The van der Waals surface area contributed by atoms with Gasteiger partial charge in [-0.2, -0.15) is 0 Å². The summed E-state index contributed by atoms with van der Waals surface area (Å²) in [6.45, 7) is 2.99. The van der Waals surface area contributed by atoms with Crippen LogP contribution in [0.15, 0.2) is 18.2 Å². The number of rotatable bonds is 4. The van der Waals surface area contributed by atoms with E-state index in [0.29, 0.717) is 5.92 Å². The highest BCUT2D eigenvalue weighted by Gasteiger charge is 2.19. The molecule has 0 spiro atoms. The van der Waals surface area contributed by atoms with Crippen LogP contribution in [-0.4, -0.2) is 17.8 Å². The Balaban J connectivity index is 1.83. The van der Waals surface area contributed by atoms with E-state index in [0.717, 1.165) is 37.8 Å². The van der Waals surface area contributed by atoms with Gasteiger partial charge >= 0.3 is 0 Å². The Hall–Kier alpha value is -0.640. The minimum absolute atomic E-state index is 0.107. The largest absolute Gasteiger partial charge is 0.393 e. The van der Waals surface area contributed by atoms with Gasteiger partial charge in [0.15, 0.2) is 0 Å². The van der Waals surface area contributed by atoms with Gasteiger partial charge in [0.1, 0.15) is 5.82 Å². The number of hydrogen-bond donors (Lipinski definition) is 2. The third kappa shape index (κ3) is 4.16. The van der Waals surface area contributed by atoms with Crippen LogP contribution in [0.25, 0.3) is 0 Å². The summed E-state index contributed by atoms with van der Waals surface area (Å²) in [5, 5.41) is 13.1. The van der Waals surface area contributed by atoms with Crippen molar-refractivity contribution in [2.24, 2.45) is 5.92 Å². The quantitative estimate of drug-likeness (QED) is 0.884. The fraction of sp³-hybridized carbons (Fsp3) is 0.600. The fourth-order valence-corrected chi connectivity index (χ4v) is 2.78. The van der Waals surface area contributed by atoms with E-state index in [4.69, 9.17) is 11.6 Å². The molecule has 4 heteroatoms. The number of hydrogen-bond acceptors (Lipinski definition) is 2. The molecule has 1 fully saturated rings. The molecular weight excluding hydrogens is 265 g/mol. The number of nitrogens with one attached hydrogen (secondary N) is 1. The molecule has 1 aliphatic rings. The summed E-state index contributed by atoms with van der Waals surface area (Å²) in [7, 11) is 0. The van der Waals surface area contributed by atoms with Crippen molar-refractivity contribution in [1.29, 1.82) is 0 Å². The summed E-state index contributed by atoms with van der Waals surface area (Å²) in [6.07, 6.45) is 3.85. The van der Waals surface area contributed by atoms with E-state index in [-0.39, 0.29) is 23.0 Å². The molecule has 1 unspecified atom stereocenters. The van der Waals surface area contributed by atoms with E-state index < -0.39 is 0 Å². The van der Waals surface area contributed by atoms with Crippen LogP contribution in [0.3, 0.4) is 0 Å². The zero-order chi connectivity index (χ0) is 13.8. The molecule has 2 nitrogen and oxygen atoms in total. The summed E-state index contributed by atoms with van der Waals surface area (Å²) >= 11 is 5.79. The summed E-state index contributed by atoms with van der Waals surface area (Å²) in [4.78, 5) is 0. The average Bonchev–Trinajstić information content (AvgIpc) is 2.41. The topological polar surface area (TPSA) is 32.3 Å². The molecule has 0 radical (unpaired) electrons. The number of benzene rings is 1. The normalized spacial score (nSPS) is 25.3. The molecule has 19 heavy (non-hydrogen) atoms. The second-order valence-electron chi connectivity index (χ2n) is 5.48. The van der Waals surface area contributed by atoms with Gasteiger partial charge < -0.3 is 10.4 Å². The van der Waals surface area contributed by atoms with Gasteiger partial charge in [0.05, 0.1) is 11.1 Å². The molecule has 1 aliphatic carbocycles. The zero-order valence-electron chi connectivity index (χ0n) is 11.2. The van der Waals surface area contributed by atoms with E-state index in [9.17, 15) is 9.50 Å². The molecule has 2 N–H and O–H groups in total. The van der Waals surface area contributed by atoms with Crippen molar-refractivity contribution in [2.75, 3.05) is 6.54 Å². The van der Waals surface area contributed by atoms with Gasteiger partial charge in [-0.3, -0.25) is 0 Å². The van der Waals surface area contributed by atoms with Crippen LogP contribution < -0.4 is 5.32 Å². The molecule has 0 amide bonds. The summed E-state index contributed by atoms with van der Waals surface area (Å²) in [5.41, 5.74) is 1.00. The van der Waals surface area contributed by atoms with Crippen LogP contribution in [0.5, 0.6) is 0 Å². The van der Waals surface area contributed by atoms with Gasteiger partial charge in [-0.25, -0.2) is 4.39 Å². The lowest BCUT2D eigenvalue weighted by Gasteiger charge is -2.27. The van der Waals surface area contributed by atoms with Crippen LogP contribution >= 0.6 is 11.6 Å². The number of aliphatic hydroxyl groups excluding tert-OH is 1. The second kappa shape index (κ2) is 6.69. The maximum absolute atomic E-state index is 13.1. The zero-order valence-corrected chi connectivity index (χ0v) is 12.0. The fourth-order valence-electron chi connectivity index (χ4n) is 2.59. The van der Waals surface area contributed by atoms with Crippen molar-refractivity contribution in [1.82, 2.24) is 5.32 Å². The molecule has 0 aliphatic heterocycles. The van der Waals surface area contributed by atoms with Crippen molar-refractivity contribution in [3.8, 4) is 0 Å². The highest BCUT2D eigenvalue weighted by atomic mass is 35.5. The molecule has 2 rings (SSSR count). The molecule has 106 valence electrons. The maximum Gasteiger partial charge on any atom is 0.141 e. The summed E-state index contributed by atoms with van der Waals surface area (Å²) in [6, 6.07) is 5.01. The number of halogens is 2. The smallest absolute Gasteiger partial charge is 0.141 e. The van der Waals surface area contributed by atoms with E-state index in [1.54, 1.807) is 12.1 Å². The average molecular weight is 286 g/mol. The first kappa shape index (κ1) is 14.8. The molecule has 1 aromatic rings. The van der Waals surface area contributed by atoms with Gasteiger partial charge in [-0.1, -0.05) is 17.7 Å². The van der Waals surface area contributed by atoms with E-state index in [1.165, 1.54) is 6.07 Å². The second-order valence-corrected chi connectivity index (χ2v) is 5.89. The van der Waals surface area contributed by atoms with Crippen molar-refractivity contribution in [3.63, 3.8) is 0 Å². The minimum Gasteiger partial charge on any atom is -0.393 e. The van der Waals surface area contributed by atoms with Crippen molar-refractivity contribution >= 4 is 11.6 Å². The lowest BCUT2D eigenvalue weighted by atomic mass is 9.87. The Labute approximate surface area is 119 Å². The molecule has 1 saturated carbocycles. The Kier molecular flexibility index (Phi) is 5.20. The SMILES string of the molecule is CC(NCC1CCC(O)CC1)c1ccc(F)c(Cl)c1. The third-order valence-corrected chi connectivity index (χ3v) is 4.26. The Morgan fingerprint density at radius 3 is 2.68 bits per heavy atom. The Bertz CT molecular complexity index is 419. The predicted molar refractivity (Wildman–Crippen MR) is 75.8 cm³/mol. The monoisotopic (exact) mass is 285 g/mol. The third-order valence-electron chi connectivity index (χ3n) is 3.97. The van der Waals surface area contributed by atoms with Gasteiger partial charge in [0.2, 0.25) is 0 Å². The maximum atomic E-state index is 13.1. The first-order valence-electron chi connectivity index (χ1n) is 6.92. The highest BCUT2D eigenvalue weighted by Crippen LogP contribution is 2.25. The van der Waals surface area contributed by atoms with E-state index in [2.05, 4.69) is 12.2 Å². The van der Waals surface area contributed by atoms with Crippen LogP contribution in [-0.2, 0) is 0 Å².